The van der Waals surface area contributed by atoms with Crippen LogP contribution in [0.15, 0.2) is 32.3 Å². The van der Waals surface area contributed by atoms with E-state index >= 15 is 0 Å². The number of aromatic nitrogens is 2. The van der Waals surface area contributed by atoms with Crippen molar-refractivity contribution in [3.05, 3.63) is 43.5 Å². The summed E-state index contributed by atoms with van der Waals surface area (Å²) < 4.78 is 3.50. The number of hydrogen-bond acceptors (Lipinski definition) is 3. The summed E-state index contributed by atoms with van der Waals surface area (Å²) in [4.78, 5) is 24.4. The molecule has 0 radical (unpaired) electrons. The monoisotopic (exact) mass is 311 g/mol. The van der Waals surface area contributed by atoms with E-state index < -0.39 is 0 Å². The van der Waals surface area contributed by atoms with E-state index in [1.54, 1.807) is 26.2 Å². The Bertz CT molecular complexity index is 703. The average molecular weight is 312 g/mol. The second kappa shape index (κ2) is 5.07. The zero-order valence-corrected chi connectivity index (χ0v) is 11.8. The minimum atomic E-state index is -0.297. The number of aryl methyl sites for hydroxylation is 1. The number of fused-ring (bicyclic) bond motifs is 1. The van der Waals surface area contributed by atoms with Crippen molar-refractivity contribution >= 4 is 26.8 Å². The van der Waals surface area contributed by atoms with Gasteiger partial charge in [-0.2, -0.15) is 0 Å². The largest absolute Gasteiger partial charge is 0.331 e. The van der Waals surface area contributed by atoms with Crippen molar-refractivity contribution in [3.63, 3.8) is 0 Å². The Balaban J connectivity index is 2.84. The van der Waals surface area contributed by atoms with E-state index in [0.717, 1.165) is 4.47 Å². The van der Waals surface area contributed by atoms with Crippen molar-refractivity contribution < 1.29 is 0 Å². The van der Waals surface area contributed by atoms with Crippen molar-refractivity contribution in [3.8, 4) is 0 Å². The van der Waals surface area contributed by atoms with Gasteiger partial charge in [-0.25, -0.2) is 4.79 Å². The summed E-state index contributed by atoms with van der Waals surface area (Å²) in [6.45, 7) is 0.944. The summed E-state index contributed by atoms with van der Waals surface area (Å²) in [7, 11) is 3.46. The van der Waals surface area contributed by atoms with Gasteiger partial charge in [0.1, 0.15) is 0 Å². The molecule has 0 saturated carbocycles. The third-order valence-corrected chi connectivity index (χ3v) is 3.54. The molecule has 0 aliphatic carbocycles. The zero-order valence-electron chi connectivity index (χ0n) is 10.2. The molecule has 2 rings (SSSR count). The van der Waals surface area contributed by atoms with Crippen molar-refractivity contribution in [1.29, 1.82) is 0 Å². The SMILES string of the molecule is CNCCn1c(=O)c2cccc(Br)c2n(C)c1=O. The van der Waals surface area contributed by atoms with Gasteiger partial charge in [-0.15, -0.1) is 0 Å². The van der Waals surface area contributed by atoms with Crippen LogP contribution in [0.25, 0.3) is 10.9 Å². The van der Waals surface area contributed by atoms with Gasteiger partial charge in [-0.3, -0.25) is 13.9 Å². The quantitative estimate of drug-likeness (QED) is 0.907. The van der Waals surface area contributed by atoms with Gasteiger partial charge in [0.05, 0.1) is 10.9 Å². The predicted molar refractivity (Wildman–Crippen MR) is 75.1 cm³/mol. The van der Waals surface area contributed by atoms with Crippen LogP contribution in [-0.4, -0.2) is 22.7 Å². The van der Waals surface area contributed by atoms with Crippen LogP contribution in [-0.2, 0) is 13.6 Å². The summed E-state index contributed by atoms with van der Waals surface area (Å²) in [5.41, 5.74) is 0.0903. The van der Waals surface area contributed by atoms with Crippen LogP contribution in [0.5, 0.6) is 0 Å². The Morgan fingerprint density at radius 3 is 2.72 bits per heavy atom. The molecule has 0 spiro atoms. The first-order valence-electron chi connectivity index (χ1n) is 5.60. The van der Waals surface area contributed by atoms with E-state index in [1.165, 1.54) is 9.13 Å². The molecular weight excluding hydrogens is 298 g/mol. The Labute approximate surface area is 112 Å². The van der Waals surface area contributed by atoms with Gasteiger partial charge in [-0.05, 0) is 35.1 Å². The molecule has 1 aromatic heterocycles. The highest BCUT2D eigenvalue weighted by Crippen LogP contribution is 2.19. The number of hydrogen-bond donors (Lipinski definition) is 1. The second-order valence-electron chi connectivity index (χ2n) is 4.04. The number of nitrogens with zero attached hydrogens (tertiary/aromatic N) is 2. The van der Waals surface area contributed by atoms with Gasteiger partial charge in [0.2, 0.25) is 0 Å². The van der Waals surface area contributed by atoms with Crippen molar-refractivity contribution in [2.24, 2.45) is 7.05 Å². The van der Waals surface area contributed by atoms with E-state index in [1.807, 2.05) is 6.07 Å². The van der Waals surface area contributed by atoms with Gasteiger partial charge in [-0.1, -0.05) is 6.07 Å². The summed E-state index contributed by atoms with van der Waals surface area (Å²) >= 11 is 3.37. The van der Waals surface area contributed by atoms with Gasteiger partial charge in [0.15, 0.2) is 0 Å². The predicted octanol–water partition coefficient (Wildman–Crippen LogP) is 0.682. The molecule has 96 valence electrons. The Kier molecular flexibility index (Phi) is 3.68. The normalized spacial score (nSPS) is 11.1. The lowest BCUT2D eigenvalue weighted by molar-refractivity contribution is 0.579. The fourth-order valence-corrected chi connectivity index (χ4v) is 2.59. The molecule has 6 heteroatoms. The summed E-state index contributed by atoms with van der Waals surface area (Å²) in [5, 5.41) is 3.48. The molecule has 2 aromatic rings. The van der Waals surface area contributed by atoms with Crippen LogP contribution >= 0.6 is 15.9 Å². The van der Waals surface area contributed by atoms with Crippen molar-refractivity contribution in [2.75, 3.05) is 13.6 Å². The highest BCUT2D eigenvalue weighted by molar-refractivity contribution is 9.10. The third-order valence-electron chi connectivity index (χ3n) is 2.90. The third kappa shape index (κ3) is 2.02. The van der Waals surface area contributed by atoms with E-state index in [0.29, 0.717) is 24.0 Å². The average Bonchev–Trinajstić information content (AvgIpc) is 2.36. The Morgan fingerprint density at radius 1 is 1.33 bits per heavy atom. The molecule has 5 nitrogen and oxygen atoms in total. The molecule has 0 aliphatic rings. The smallest absolute Gasteiger partial charge is 0.318 e. The number of benzene rings is 1. The van der Waals surface area contributed by atoms with Gasteiger partial charge in [0, 0.05) is 24.6 Å². The minimum absolute atomic E-state index is 0.246. The fraction of sp³-hybridized carbons (Fsp3) is 0.333. The molecule has 0 atom stereocenters. The van der Waals surface area contributed by atoms with Crippen LogP contribution in [0.3, 0.4) is 0 Å². The van der Waals surface area contributed by atoms with Crippen LogP contribution in [0.4, 0.5) is 0 Å². The van der Waals surface area contributed by atoms with Crippen LogP contribution < -0.4 is 16.6 Å². The van der Waals surface area contributed by atoms with Crippen LogP contribution in [0.2, 0.25) is 0 Å². The van der Waals surface area contributed by atoms with Crippen molar-refractivity contribution in [1.82, 2.24) is 14.5 Å². The van der Waals surface area contributed by atoms with Gasteiger partial charge >= 0.3 is 5.69 Å². The molecule has 1 heterocycles. The van der Waals surface area contributed by atoms with Crippen molar-refractivity contribution in [2.45, 2.75) is 6.54 Å². The molecule has 0 unspecified atom stereocenters. The van der Waals surface area contributed by atoms with Gasteiger partial charge in [0.25, 0.3) is 5.56 Å². The van der Waals surface area contributed by atoms with E-state index in [2.05, 4.69) is 21.2 Å². The molecular formula is C12H14BrN3O2. The first-order valence-corrected chi connectivity index (χ1v) is 6.40. The highest BCUT2D eigenvalue weighted by atomic mass is 79.9. The lowest BCUT2D eigenvalue weighted by atomic mass is 10.2. The lowest BCUT2D eigenvalue weighted by Gasteiger charge is -2.11. The van der Waals surface area contributed by atoms with E-state index in [4.69, 9.17) is 0 Å². The molecule has 0 bridgehead atoms. The summed E-state index contributed by atoms with van der Waals surface area (Å²) in [6.07, 6.45) is 0. The molecule has 0 fully saturated rings. The Hall–Kier alpha value is -1.40. The maximum absolute atomic E-state index is 12.3. The highest BCUT2D eigenvalue weighted by Gasteiger charge is 2.12. The molecule has 1 aromatic carbocycles. The number of halogens is 1. The lowest BCUT2D eigenvalue weighted by Crippen LogP contribution is -2.41. The topological polar surface area (TPSA) is 56.0 Å². The van der Waals surface area contributed by atoms with Crippen LogP contribution in [0, 0.1) is 0 Å². The number of nitrogens with one attached hydrogen (secondary N) is 1. The van der Waals surface area contributed by atoms with E-state index in [-0.39, 0.29) is 11.2 Å². The maximum atomic E-state index is 12.3. The molecule has 0 saturated heterocycles. The minimum Gasteiger partial charge on any atom is -0.318 e. The number of likely N-dealkylation sites (N-methyl/N-ethyl adjacent to an activating group) is 1. The molecule has 18 heavy (non-hydrogen) atoms. The first kappa shape index (κ1) is 13.0. The number of para-hydroxylation sites is 1. The molecule has 0 aliphatic heterocycles. The maximum Gasteiger partial charge on any atom is 0.331 e. The van der Waals surface area contributed by atoms with Gasteiger partial charge < -0.3 is 5.32 Å². The Morgan fingerprint density at radius 2 is 2.06 bits per heavy atom. The van der Waals surface area contributed by atoms with Crippen LogP contribution in [0.1, 0.15) is 0 Å². The molecule has 0 amide bonds. The first-order chi connectivity index (χ1) is 8.57. The molecule has 1 N–H and O–H groups in total. The second-order valence-corrected chi connectivity index (χ2v) is 4.89. The zero-order chi connectivity index (χ0) is 13.3. The summed E-state index contributed by atoms with van der Waals surface area (Å²) in [6, 6.07) is 5.34. The fourth-order valence-electron chi connectivity index (χ4n) is 1.96. The van der Waals surface area contributed by atoms with E-state index in [9.17, 15) is 9.59 Å². The standard InChI is InChI=1S/C12H14BrN3O2/c1-14-6-7-16-11(17)8-4-3-5-9(13)10(8)15(2)12(16)18/h3-5,14H,6-7H2,1-2H3. The number of rotatable bonds is 3. The summed E-state index contributed by atoms with van der Waals surface area (Å²) in [5.74, 6) is 0.